The van der Waals surface area contributed by atoms with Crippen molar-refractivity contribution >= 4 is 17.4 Å². The molecular weight excluding hydrogens is 366 g/mol. The van der Waals surface area contributed by atoms with Crippen LogP contribution in [0.1, 0.15) is 48.2 Å². The van der Waals surface area contributed by atoms with Crippen molar-refractivity contribution in [3.63, 3.8) is 0 Å². The van der Waals surface area contributed by atoms with Gasteiger partial charge in [0, 0.05) is 28.3 Å². The number of allylic oxidation sites excluding steroid dienone is 2. The third-order valence-electron chi connectivity index (χ3n) is 5.27. The fourth-order valence-electron chi connectivity index (χ4n) is 4.06. The van der Waals surface area contributed by atoms with Gasteiger partial charge in [0.25, 0.3) is 0 Å². The molecule has 2 aromatic carbocycles. The van der Waals surface area contributed by atoms with Crippen LogP contribution >= 0.6 is 0 Å². The molecule has 0 spiro atoms. The van der Waals surface area contributed by atoms with Gasteiger partial charge in [0.05, 0.1) is 24.5 Å². The molecule has 1 aliphatic heterocycles. The van der Waals surface area contributed by atoms with Gasteiger partial charge >= 0.3 is 5.97 Å². The lowest BCUT2D eigenvalue weighted by Gasteiger charge is -2.29. The highest BCUT2D eigenvalue weighted by molar-refractivity contribution is 6.23. The highest BCUT2D eigenvalue weighted by atomic mass is 16.5. The normalized spacial score (nSPS) is 17.6. The number of Topliss-reactive ketones (excluding diaryl/α,β-unsaturated/α-hetero) is 1. The molecule has 0 saturated carbocycles. The molecule has 5 nitrogen and oxygen atoms in total. The monoisotopic (exact) mass is 389 g/mol. The number of hydrogen-bond donors (Lipinski definition) is 1. The Labute approximate surface area is 170 Å². The van der Waals surface area contributed by atoms with Crippen molar-refractivity contribution in [2.75, 3.05) is 13.2 Å². The second-order valence-corrected chi connectivity index (χ2v) is 6.98. The van der Waals surface area contributed by atoms with Crippen LogP contribution in [0.15, 0.2) is 65.4 Å². The van der Waals surface area contributed by atoms with Crippen LogP contribution in [0.4, 0.5) is 0 Å². The van der Waals surface area contributed by atoms with E-state index < -0.39 is 11.9 Å². The Balaban J connectivity index is 1.87. The Morgan fingerprint density at radius 2 is 1.69 bits per heavy atom. The predicted molar refractivity (Wildman–Crippen MR) is 111 cm³/mol. The molecule has 0 radical (unpaired) electrons. The summed E-state index contributed by atoms with van der Waals surface area (Å²) in [6, 6.07) is 15.1. The lowest BCUT2D eigenvalue weighted by Crippen LogP contribution is -2.29. The smallest absolute Gasteiger partial charge is 0.336 e. The Kier molecular flexibility index (Phi) is 4.97. The Hall–Kier alpha value is -3.34. The zero-order chi connectivity index (χ0) is 20.5. The molecule has 148 valence electrons. The van der Waals surface area contributed by atoms with Gasteiger partial charge in [-0.05, 0) is 38.5 Å². The van der Waals surface area contributed by atoms with E-state index in [1.54, 1.807) is 6.92 Å². The van der Waals surface area contributed by atoms with Crippen molar-refractivity contribution in [3.8, 4) is 5.75 Å². The summed E-state index contributed by atoms with van der Waals surface area (Å²) in [5.74, 6) is -0.220. The van der Waals surface area contributed by atoms with E-state index in [2.05, 4.69) is 5.32 Å². The van der Waals surface area contributed by atoms with Crippen molar-refractivity contribution in [1.29, 1.82) is 0 Å². The van der Waals surface area contributed by atoms with E-state index in [1.165, 1.54) is 0 Å². The van der Waals surface area contributed by atoms with Gasteiger partial charge in [-0.3, -0.25) is 4.79 Å². The number of nitrogens with one attached hydrogen (secondary N) is 1. The summed E-state index contributed by atoms with van der Waals surface area (Å²) in [5.41, 5.74) is 4.90. The maximum Gasteiger partial charge on any atom is 0.336 e. The van der Waals surface area contributed by atoms with E-state index in [0.717, 1.165) is 22.6 Å². The molecule has 0 saturated heterocycles. The van der Waals surface area contributed by atoms with Crippen LogP contribution in [0.2, 0.25) is 0 Å². The van der Waals surface area contributed by atoms with Crippen LogP contribution < -0.4 is 10.1 Å². The maximum atomic E-state index is 13.3. The van der Waals surface area contributed by atoms with Crippen LogP contribution in [-0.2, 0) is 9.53 Å². The highest BCUT2D eigenvalue weighted by Crippen LogP contribution is 2.46. The number of fused-ring (bicyclic) bond motifs is 2. The SMILES string of the molecule is CCOC(=O)C1=C(C)NC2=C(C(=O)c3ccccc32)[C@@H]1c1ccc(OCC)cc1. The zero-order valence-electron chi connectivity index (χ0n) is 16.7. The molecule has 29 heavy (non-hydrogen) atoms. The summed E-state index contributed by atoms with van der Waals surface area (Å²) in [7, 11) is 0. The number of dihydropyridines is 1. The topological polar surface area (TPSA) is 64.6 Å². The Bertz CT molecular complexity index is 1050. The average Bonchev–Trinajstić information content (AvgIpc) is 3.00. The Morgan fingerprint density at radius 3 is 2.34 bits per heavy atom. The summed E-state index contributed by atoms with van der Waals surface area (Å²) in [6.07, 6.45) is 0. The number of ether oxygens (including phenoxy) is 2. The van der Waals surface area contributed by atoms with Gasteiger partial charge < -0.3 is 14.8 Å². The molecule has 0 amide bonds. The minimum absolute atomic E-state index is 0.0590. The lowest BCUT2D eigenvalue weighted by atomic mass is 9.80. The predicted octanol–water partition coefficient (Wildman–Crippen LogP) is 4.22. The summed E-state index contributed by atoms with van der Waals surface area (Å²) in [5, 5.41) is 3.30. The van der Waals surface area contributed by atoms with Gasteiger partial charge in [0.2, 0.25) is 0 Å². The van der Waals surface area contributed by atoms with E-state index in [4.69, 9.17) is 9.47 Å². The third kappa shape index (κ3) is 3.12. The summed E-state index contributed by atoms with van der Waals surface area (Å²) >= 11 is 0. The molecule has 1 N–H and O–H groups in total. The zero-order valence-corrected chi connectivity index (χ0v) is 16.7. The second-order valence-electron chi connectivity index (χ2n) is 6.98. The van der Waals surface area contributed by atoms with Gasteiger partial charge in [-0.15, -0.1) is 0 Å². The van der Waals surface area contributed by atoms with Gasteiger partial charge in [0.1, 0.15) is 5.75 Å². The number of benzene rings is 2. The molecule has 2 aliphatic rings. The minimum atomic E-state index is -0.499. The molecule has 2 aromatic rings. The first-order valence-corrected chi connectivity index (χ1v) is 9.82. The first-order chi connectivity index (χ1) is 14.1. The number of carbonyl (C=O) groups is 2. The van der Waals surface area contributed by atoms with Crippen LogP contribution in [0, 0.1) is 0 Å². The number of ketones is 1. The van der Waals surface area contributed by atoms with E-state index in [-0.39, 0.29) is 12.4 Å². The van der Waals surface area contributed by atoms with E-state index in [1.807, 2.05) is 62.4 Å². The quantitative estimate of drug-likeness (QED) is 0.776. The molecule has 0 fully saturated rings. The molecule has 5 heteroatoms. The first-order valence-electron chi connectivity index (χ1n) is 9.82. The van der Waals surface area contributed by atoms with Gasteiger partial charge in [-0.2, -0.15) is 0 Å². The van der Waals surface area contributed by atoms with E-state index in [9.17, 15) is 9.59 Å². The molecule has 4 rings (SSSR count). The van der Waals surface area contributed by atoms with Crippen molar-refractivity contribution in [2.24, 2.45) is 0 Å². The maximum absolute atomic E-state index is 13.3. The van der Waals surface area contributed by atoms with Crippen molar-refractivity contribution < 1.29 is 19.1 Å². The fraction of sp³-hybridized carbons (Fsp3) is 0.250. The minimum Gasteiger partial charge on any atom is -0.494 e. The standard InChI is InChI=1S/C24H23NO4/c1-4-28-16-12-10-15(11-13-16)20-19(24(27)29-5-2)14(3)25-22-17-8-6-7-9-18(17)23(26)21(20)22/h6-13,20,25H,4-5H2,1-3H3/t20-/m1/s1. The fourth-order valence-corrected chi connectivity index (χ4v) is 4.06. The number of carbonyl (C=O) groups excluding carboxylic acids is 2. The van der Waals surface area contributed by atoms with Gasteiger partial charge in [-0.25, -0.2) is 4.79 Å². The largest absolute Gasteiger partial charge is 0.494 e. The highest BCUT2D eigenvalue weighted by Gasteiger charge is 2.42. The van der Waals surface area contributed by atoms with Crippen molar-refractivity contribution in [1.82, 2.24) is 5.32 Å². The van der Waals surface area contributed by atoms with E-state index >= 15 is 0 Å². The summed E-state index contributed by atoms with van der Waals surface area (Å²) < 4.78 is 10.9. The van der Waals surface area contributed by atoms with Crippen LogP contribution in [-0.4, -0.2) is 25.0 Å². The number of hydrogen-bond acceptors (Lipinski definition) is 5. The number of esters is 1. The molecule has 0 unspecified atom stereocenters. The molecule has 1 aliphatic carbocycles. The lowest BCUT2D eigenvalue weighted by molar-refractivity contribution is -0.138. The molecule has 0 aromatic heterocycles. The van der Waals surface area contributed by atoms with Crippen LogP contribution in [0.25, 0.3) is 5.70 Å². The van der Waals surface area contributed by atoms with Crippen LogP contribution in [0.3, 0.4) is 0 Å². The van der Waals surface area contributed by atoms with Gasteiger partial charge in [0.15, 0.2) is 5.78 Å². The van der Waals surface area contributed by atoms with Crippen LogP contribution in [0.5, 0.6) is 5.75 Å². The molecular formula is C24H23NO4. The third-order valence-corrected chi connectivity index (χ3v) is 5.27. The summed E-state index contributed by atoms with van der Waals surface area (Å²) in [4.78, 5) is 26.2. The summed E-state index contributed by atoms with van der Waals surface area (Å²) in [6.45, 7) is 6.39. The average molecular weight is 389 g/mol. The van der Waals surface area contributed by atoms with Crippen molar-refractivity contribution in [2.45, 2.75) is 26.7 Å². The molecule has 1 heterocycles. The Morgan fingerprint density at radius 1 is 1.00 bits per heavy atom. The number of rotatable bonds is 5. The first kappa shape index (κ1) is 19.0. The van der Waals surface area contributed by atoms with Crippen molar-refractivity contribution in [3.05, 3.63) is 82.1 Å². The van der Waals surface area contributed by atoms with E-state index in [0.29, 0.717) is 29.0 Å². The second kappa shape index (κ2) is 7.59. The molecule has 0 bridgehead atoms. The molecule has 1 atom stereocenters. The van der Waals surface area contributed by atoms with Gasteiger partial charge in [-0.1, -0.05) is 36.4 Å².